The SMILES string of the molecule is CN=C(NCc1nccc2ccccc12)N1CCN(C(C)C(F)(F)F)CC1. The molecular formula is C19H24F3N5. The number of pyridine rings is 1. The van der Waals surface area contributed by atoms with Crippen LogP contribution in [0.2, 0.25) is 0 Å². The molecule has 1 unspecified atom stereocenters. The average molecular weight is 379 g/mol. The Bertz CT molecular complexity index is 792. The predicted octanol–water partition coefficient (Wildman–Crippen LogP) is 2.88. The van der Waals surface area contributed by atoms with Gasteiger partial charge in [0.15, 0.2) is 5.96 Å². The Morgan fingerprint density at radius 1 is 1.19 bits per heavy atom. The summed E-state index contributed by atoms with van der Waals surface area (Å²) in [7, 11) is 1.68. The van der Waals surface area contributed by atoms with Crippen LogP contribution in [-0.4, -0.2) is 66.2 Å². The molecule has 1 aliphatic rings. The van der Waals surface area contributed by atoms with Crippen LogP contribution in [0.25, 0.3) is 10.8 Å². The highest BCUT2D eigenvalue weighted by Crippen LogP contribution is 2.25. The van der Waals surface area contributed by atoms with Gasteiger partial charge in [-0.3, -0.25) is 14.9 Å². The Hall–Kier alpha value is -2.35. The first-order chi connectivity index (χ1) is 12.9. The second-order valence-electron chi connectivity index (χ2n) is 6.62. The maximum Gasteiger partial charge on any atom is 0.403 e. The van der Waals surface area contributed by atoms with Gasteiger partial charge < -0.3 is 10.2 Å². The lowest BCUT2D eigenvalue weighted by Gasteiger charge is -2.39. The van der Waals surface area contributed by atoms with E-state index in [4.69, 9.17) is 0 Å². The fraction of sp³-hybridized carbons (Fsp3) is 0.474. The maximum atomic E-state index is 12.9. The van der Waals surface area contributed by atoms with E-state index in [-0.39, 0.29) is 0 Å². The van der Waals surface area contributed by atoms with Gasteiger partial charge in [-0.05, 0) is 18.4 Å². The second kappa shape index (κ2) is 8.12. The molecule has 2 aromatic rings. The topological polar surface area (TPSA) is 43.8 Å². The Kier molecular flexibility index (Phi) is 5.84. The van der Waals surface area contributed by atoms with Gasteiger partial charge in [-0.1, -0.05) is 24.3 Å². The van der Waals surface area contributed by atoms with Crippen LogP contribution in [0.4, 0.5) is 13.2 Å². The Morgan fingerprint density at radius 3 is 2.56 bits per heavy atom. The molecule has 3 rings (SSSR count). The number of rotatable bonds is 3. The minimum Gasteiger partial charge on any atom is -0.351 e. The minimum atomic E-state index is -4.19. The molecule has 8 heteroatoms. The van der Waals surface area contributed by atoms with Gasteiger partial charge in [0.1, 0.15) is 6.04 Å². The highest BCUT2D eigenvalue weighted by Gasteiger charge is 2.41. The van der Waals surface area contributed by atoms with Crippen molar-refractivity contribution < 1.29 is 13.2 Å². The number of nitrogens with one attached hydrogen (secondary N) is 1. The molecule has 0 aliphatic carbocycles. The lowest BCUT2D eigenvalue weighted by atomic mass is 10.1. The van der Waals surface area contributed by atoms with Gasteiger partial charge in [0.05, 0.1) is 12.2 Å². The van der Waals surface area contributed by atoms with E-state index >= 15 is 0 Å². The fourth-order valence-corrected chi connectivity index (χ4v) is 3.35. The monoisotopic (exact) mass is 379 g/mol. The molecule has 0 bridgehead atoms. The summed E-state index contributed by atoms with van der Waals surface area (Å²) in [5.74, 6) is 0.684. The molecule has 1 aliphatic heterocycles. The Balaban J connectivity index is 1.60. The summed E-state index contributed by atoms with van der Waals surface area (Å²) >= 11 is 0. The molecule has 0 saturated carbocycles. The summed E-state index contributed by atoms with van der Waals surface area (Å²) in [5.41, 5.74) is 0.915. The van der Waals surface area contributed by atoms with Crippen molar-refractivity contribution in [1.82, 2.24) is 20.1 Å². The van der Waals surface area contributed by atoms with Crippen LogP contribution in [-0.2, 0) is 6.54 Å². The van der Waals surface area contributed by atoms with Crippen LogP contribution in [0.3, 0.4) is 0 Å². The van der Waals surface area contributed by atoms with Crippen molar-refractivity contribution >= 4 is 16.7 Å². The first-order valence-corrected chi connectivity index (χ1v) is 8.99. The third-order valence-electron chi connectivity index (χ3n) is 5.02. The summed E-state index contributed by atoms with van der Waals surface area (Å²) in [4.78, 5) is 12.2. The summed E-state index contributed by atoms with van der Waals surface area (Å²) in [5, 5.41) is 5.49. The van der Waals surface area contributed by atoms with Crippen LogP contribution in [0.1, 0.15) is 12.6 Å². The third kappa shape index (κ3) is 4.50. The number of benzene rings is 1. The first-order valence-electron chi connectivity index (χ1n) is 8.99. The summed E-state index contributed by atoms with van der Waals surface area (Å²) in [6.45, 7) is 3.44. The molecule has 1 N–H and O–H groups in total. The van der Waals surface area contributed by atoms with E-state index in [9.17, 15) is 13.2 Å². The number of halogens is 3. The second-order valence-corrected chi connectivity index (χ2v) is 6.62. The van der Waals surface area contributed by atoms with Crippen molar-refractivity contribution in [2.45, 2.75) is 25.7 Å². The van der Waals surface area contributed by atoms with Crippen molar-refractivity contribution in [3.05, 3.63) is 42.2 Å². The van der Waals surface area contributed by atoms with Crippen molar-refractivity contribution in [3.63, 3.8) is 0 Å². The van der Waals surface area contributed by atoms with Gasteiger partial charge in [-0.15, -0.1) is 0 Å². The molecule has 1 aromatic carbocycles. The molecule has 5 nitrogen and oxygen atoms in total. The predicted molar refractivity (Wildman–Crippen MR) is 101 cm³/mol. The molecule has 0 radical (unpaired) electrons. The average Bonchev–Trinajstić information content (AvgIpc) is 2.68. The summed E-state index contributed by atoms with van der Waals surface area (Å²) < 4.78 is 38.7. The molecule has 27 heavy (non-hydrogen) atoms. The number of fused-ring (bicyclic) bond motifs is 1. The molecule has 1 fully saturated rings. The number of hydrogen-bond acceptors (Lipinski definition) is 3. The van der Waals surface area contributed by atoms with E-state index in [1.807, 2.05) is 35.2 Å². The smallest absolute Gasteiger partial charge is 0.351 e. The van der Waals surface area contributed by atoms with Crippen LogP contribution in [0, 0.1) is 0 Å². The van der Waals surface area contributed by atoms with E-state index in [0.29, 0.717) is 38.7 Å². The zero-order valence-corrected chi connectivity index (χ0v) is 15.5. The van der Waals surface area contributed by atoms with Gasteiger partial charge in [0.25, 0.3) is 0 Å². The van der Waals surface area contributed by atoms with Gasteiger partial charge in [-0.25, -0.2) is 0 Å². The van der Waals surface area contributed by atoms with Crippen LogP contribution < -0.4 is 5.32 Å². The summed E-state index contributed by atoms with van der Waals surface area (Å²) in [6, 6.07) is 8.57. The highest BCUT2D eigenvalue weighted by atomic mass is 19.4. The van der Waals surface area contributed by atoms with Gasteiger partial charge in [-0.2, -0.15) is 13.2 Å². The van der Waals surface area contributed by atoms with Crippen molar-refractivity contribution in [3.8, 4) is 0 Å². The van der Waals surface area contributed by atoms with Gasteiger partial charge in [0, 0.05) is 44.8 Å². The van der Waals surface area contributed by atoms with Gasteiger partial charge in [0.2, 0.25) is 0 Å². The highest BCUT2D eigenvalue weighted by molar-refractivity contribution is 5.85. The fourth-order valence-electron chi connectivity index (χ4n) is 3.35. The van der Waals surface area contributed by atoms with Crippen molar-refractivity contribution in [2.75, 3.05) is 33.2 Å². The van der Waals surface area contributed by atoms with E-state index in [1.165, 1.54) is 11.8 Å². The number of hydrogen-bond donors (Lipinski definition) is 1. The third-order valence-corrected chi connectivity index (χ3v) is 5.02. The van der Waals surface area contributed by atoms with E-state index in [0.717, 1.165) is 16.5 Å². The van der Waals surface area contributed by atoms with Crippen molar-refractivity contribution in [1.29, 1.82) is 0 Å². The quantitative estimate of drug-likeness (QED) is 0.658. The molecule has 0 spiro atoms. The van der Waals surface area contributed by atoms with E-state index in [2.05, 4.69) is 15.3 Å². The Labute approximate surface area is 156 Å². The molecule has 1 aromatic heterocycles. The lowest BCUT2D eigenvalue weighted by molar-refractivity contribution is -0.181. The van der Waals surface area contributed by atoms with Crippen LogP contribution in [0.15, 0.2) is 41.5 Å². The maximum absolute atomic E-state index is 12.9. The number of nitrogens with zero attached hydrogens (tertiary/aromatic N) is 4. The van der Waals surface area contributed by atoms with Crippen LogP contribution >= 0.6 is 0 Å². The number of aromatic nitrogens is 1. The molecular weight excluding hydrogens is 355 g/mol. The normalized spacial score (nSPS) is 18.0. The van der Waals surface area contributed by atoms with Gasteiger partial charge >= 0.3 is 6.18 Å². The number of alkyl halides is 3. The standard InChI is InChI=1S/C19H24F3N5/c1-14(19(20,21)22)26-9-11-27(12-10-26)18(23-2)25-13-17-16-6-4-3-5-15(16)7-8-24-17/h3-8,14H,9-13H2,1-2H3,(H,23,25). The van der Waals surface area contributed by atoms with E-state index < -0.39 is 12.2 Å². The van der Waals surface area contributed by atoms with E-state index in [1.54, 1.807) is 13.2 Å². The minimum absolute atomic E-state index is 0.355. The Morgan fingerprint density at radius 2 is 1.89 bits per heavy atom. The molecule has 2 heterocycles. The largest absolute Gasteiger partial charge is 0.403 e. The molecule has 146 valence electrons. The number of aliphatic imine (C=N–C) groups is 1. The lowest BCUT2D eigenvalue weighted by Crippen LogP contribution is -2.56. The first kappa shape index (κ1) is 19.4. The van der Waals surface area contributed by atoms with Crippen LogP contribution in [0.5, 0.6) is 0 Å². The molecule has 1 saturated heterocycles. The molecule has 1 atom stereocenters. The molecule has 0 amide bonds. The zero-order chi connectivity index (χ0) is 19.4. The number of piperazine rings is 1. The number of guanidine groups is 1. The van der Waals surface area contributed by atoms with Crippen molar-refractivity contribution in [2.24, 2.45) is 4.99 Å². The summed E-state index contributed by atoms with van der Waals surface area (Å²) in [6.07, 6.45) is -2.42. The zero-order valence-electron chi connectivity index (χ0n) is 15.5.